The van der Waals surface area contributed by atoms with E-state index in [0.717, 1.165) is 12.0 Å². The molecule has 0 aliphatic heterocycles. The molecule has 1 amide bonds. The standard InChI is InChI=1S/C15H15ClN4O2/c1-22-15-13(17-6-7-18-15)19-20-14(21)11-8-10(11)9-4-2-3-5-12(9)16/h2-7,10-11H,8H2,1H3,(H,17,19)(H,20,21)/t10-,11-/m0/s1. The van der Waals surface area contributed by atoms with Crippen molar-refractivity contribution in [2.24, 2.45) is 5.92 Å². The Morgan fingerprint density at radius 3 is 2.86 bits per heavy atom. The number of anilines is 1. The zero-order valence-corrected chi connectivity index (χ0v) is 12.7. The van der Waals surface area contributed by atoms with Gasteiger partial charge < -0.3 is 4.74 Å². The number of halogens is 1. The number of ether oxygens (including phenoxy) is 1. The Morgan fingerprint density at radius 1 is 1.32 bits per heavy atom. The lowest BCUT2D eigenvalue weighted by atomic mass is 10.1. The number of rotatable bonds is 5. The highest BCUT2D eigenvalue weighted by atomic mass is 35.5. The topological polar surface area (TPSA) is 76.1 Å². The first-order valence-corrected chi connectivity index (χ1v) is 7.23. The third-order valence-corrected chi connectivity index (χ3v) is 3.94. The number of carbonyl (C=O) groups excluding carboxylic acids is 1. The normalized spacial score (nSPS) is 19.4. The second kappa shape index (κ2) is 6.19. The average molecular weight is 319 g/mol. The lowest BCUT2D eigenvalue weighted by molar-refractivity contribution is -0.121. The lowest BCUT2D eigenvalue weighted by Gasteiger charge is -2.10. The summed E-state index contributed by atoms with van der Waals surface area (Å²) in [6, 6.07) is 7.61. The molecule has 0 saturated heterocycles. The fourth-order valence-electron chi connectivity index (χ4n) is 2.38. The van der Waals surface area contributed by atoms with Gasteiger partial charge in [0.2, 0.25) is 11.7 Å². The van der Waals surface area contributed by atoms with Crippen LogP contribution in [0.15, 0.2) is 36.7 Å². The average Bonchev–Trinajstić information content (AvgIpc) is 3.34. The van der Waals surface area contributed by atoms with Crippen LogP contribution in [-0.4, -0.2) is 23.0 Å². The molecule has 1 heterocycles. The zero-order chi connectivity index (χ0) is 15.5. The molecule has 1 aliphatic carbocycles. The third kappa shape index (κ3) is 2.96. The van der Waals surface area contributed by atoms with Gasteiger partial charge in [-0.3, -0.25) is 15.6 Å². The van der Waals surface area contributed by atoms with Crippen LogP contribution in [0.2, 0.25) is 5.02 Å². The molecule has 0 unspecified atom stereocenters. The van der Waals surface area contributed by atoms with Crippen LogP contribution in [-0.2, 0) is 4.79 Å². The summed E-state index contributed by atoms with van der Waals surface area (Å²) < 4.78 is 5.06. The first-order valence-electron chi connectivity index (χ1n) is 6.86. The number of carbonyl (C=O) groups is 1. The van der Waals surface area contributed by atoms with Crippen molar-refractivity contribution in [3.63, 3.8) is 0 Å². The minimum atomic E-state index is -0.0994. The predicted octanol–water partition coefficient (Wildman–Crippen LogP) is 2.39. The van der Waals surface area contributed by atoms with Gasteiger partial charge in [0.05, 0.1) is 7.11 Å². The first-order chi connectivity index (χ1) is 10.7. The van der Waals surface area contributed by atoms with E-state index in [-0.39, 0.29) is 17.7 Å². The molecule has 0 radical (unpaired) electrons. The zero-order valence-electron chi connectivity index (χ0n) is 11.9. The highest BCUT2D eigenvalue weighted by Crippen LogP contribution is 2.49. The number of nitrogens with zero attached hydrogens (tertiary/aromatic N) is 2. The number of hydrazine groups is 1. The summed E-state index contributed by atoms with van der Waals surface area (Å²) in [5.41, 5.74) is 6.40. The second-order valence-corrected chi connectivity index (χ2v) is 5.41. The van der Waals surface area contributed by atoms with Crippen LogP contribution in [0.25, 0.3) is 0 Å². The molecule has 0 bridgehead atoms. The Labute approximate surface area is 132 Å². The van der Waals surface area contributed by atoms with E-state index in [1.807, 2.05) is 24.3 Å². The van der Waals surface area contributed by atoms with Crippen molar-refractivity contribution in [2.45, 2.75) is 12.3 Å². The molecule has 7 heteroatoms. The highest BCUT2D eigenvalue weighted by Gasteiger charge is 2.44. The third-order valence-electron chi connectivity index (χ3n) is 3.59. The summed E-state index contributed by atoms with van der Waals surface area (Å²) in [5, 5.41) is 0.700. The van der Waals surface area contributed by atoms with Crippen molar-refractivity contribution in [3.8, 4) is 5.88 Å². The van der Waals surface area contributed by atoms with E-state index < -0.39 is 0 Å². The molecule has 114 valence electrons. The highest BCUT2D eigenvalue weighted by molar-refractivity contribution is 6.31. The summed E-state index contributed by atoms with van der Waals surface area (Å²) in [6.07, 6.45) is 3.82. The van der Waals surface area contributed by atoms with Gasteiger partial charge in [-0.1, -0.05) is 29.8 Å². The maximum atomic E-state index is 12.2. The van der Waals surface area contributed by atoms with Gasteiger partial charge in [-0.25, -0.2) is 9.97 Å². The van der Waals surface area contributed by atoms with E-state index in [9.17, 15) is 4.79 Å². The summed E-state index contributed by atoms with van der Waals surface area (Å²) in [6.45, 7) is 0. The van der Waals surface area contributed by atoms with E-state index in [1.165, 1.54) is 19.5 Å². The number of methoxy groups -OCH3 is 1. The van der Waals surface area contributed by atoms with Crippen LogP contribution in [0.3, 0.4) is 0 Å². The maximum absolute atomic E-state index is 12.2. The van der Waals surface area contributed by atoms with Crippen molar-refractivity contribution in [2.75, 3.05) is 12.5 Å². The van der Waals surface area contributed by atoms with Gasteiger partial charge in [-0.05, 0) is 24.0 Å². The molecule has 0 spiro atoms. The number of amides is 1. The van der Waals surface area contributed by atoms with Crippen molar-refractivity contribution in [1.29, 1.82) is 0 Å². The Hall–Kier alpha value is -2.34. The number of nitrogens with one attached hydrogen (secondary N) is 2. The number of aromatic nitrogens is 2. The van der Waals surface area contributed by atoms with Gasteiger partial charge >= 0.3 is 0 Å². The molecule has 2 atom stereocenters. The minimum Gasteiger partial charge on any atom is -0.478 e. The Bertz CT molecular complexity index is 695. The van der Waals surface area contributed by atoms with Crippen LogP contribution in [0.5, 0.6) is 5.88 Å². The monoisotopic (exact) mass is 318 g/mol. The van der Waals surface area contributed by atoms with Crippen molar-refractivity contribution < 1.29 is 9.53 Å². The molecule has 1 saturated carbocycles. The van der Waals surface area contributed by atoms with Crippen molar-refractivity contribution in [3.05, 3.63) is 47.2 Å². The molecule has 3 rings (SSSR count). The number of benzene rings is 1. The van der Waals surface area contributed by atoms with Crippen molar-refractivity contribution >= 4 is 23.3 Å². The summed E-state index contributed by atoms with van der Waals surface area (Å²) >= 11 is 6.16. The maximum Gasteiger partial charge on any atom is 0.258 e. The molecule has 1 fully saturated rings. The second-order valence-electron chi connectivity index (χ2n) is 5.00. The van der Waals surface area contributed by atoms with Crippen molar-refractivity contribution in [1.82, 2.24) is 15.4 Å². The van der Waals surface area contributed by atoms with Crippen LogP contribution in [0, 0.1) is 5.92 Å². The van der Waals surface area contributed by atoms with Gasteiger partial charge in [-0.2, -0.15) is 0 Å². The van der Waals surface area contributed by atoms with E-state index in [2.05, 4.69) is 20.8 Å². The molecule has 2 N–H and O–H groups in total. The quantitative estimate of drug-likeness (QED) is 0.828. The summed E-state index contributed by atoms with van der Waals surface area (Å²) in [5.74, 6) is 0.668. The Kier molecular flexibility index (Phi) is 4.11. The van der Waals surface area contributed by atoms with Crippen LogP contribution >= 0.6 is 11.6 Å². The largest absolute Gasteiger partial charge is 0.478 e. The molecule has 1 aromatic carbocycles. The van der Waals surface area contributed by atoms with E-state index in [0.29, 0.717) is 16.7 Å². The van der Waals surface area contributed by atoms with Crippen LogP contribution in [0.4, 0.5) is 5.82 Å². The molecule has 22 heavy (non-hydrogen) atoms. The molecule has 6 nitrogen and oxygen atoms in total. The smallest absolute Gasteiger partial charge is 0.258 e. The van der Waals surface area contributed by atoms with Crippen LogP contribution in [0.1, 0.15) is 17.9 Å². The Morgan fingerprint density at radius 2 is 2.09 bits per heavy atom. The minimum absolute atomic E-state index is 0.0879. The van der Waals surface area contributed by atoms with Gasteiger partial charge in [0.1, 0.15) is 0 Å². The molecule has 2 aromatic rings. The predicted molar refractivity (Wildman–Crippen MR) is 82.6 cm³/mol. The fourth-order valence-corrected chi connectivity index (χ4v) is 2.65. The molecule has 1 aromatic heterocycles. The first kappa shape index (κ1) is 14.6. The van der Waals surface area contributed by atoms with Gasteiger partial charge in [0.15, 0.2) is 0 Å². The lowest BCUT2D eigenvalue weighted by Crippen LogP contribution is -2.31. The van der Waals surface area contributed by atoms with E-state index in [1.54, 1.807) is 0 Å². The molecule has 1 aliphatic rings. The van der Waals surface area contributed by atoms with E-state index in [4.69, 9.17) is 16.3 Å². The number of hydrogen-bond acceptors (Lipinski definition) is 5. The Balaban J connectivity index is 1.59. The SMILES string of the molecule is COc1nccnc1NNC(=O)[C@H]1C[C@H]1c1ccccc1Cl. The van der Waals surface area contributed by atoms with Gasteiger partial charge in [0, 0.05) is 23.3 Å². The molecular weight excluding hydrogens is 304 g/mol. The van der Waals surface area contributed by atoms with E-state index >= 15 is 0 Å². The summed E-state index contributed by atoms with van der Waals surface area (Å²) in [7, 11) is 1.49. The van der Waals surface area contributed by atoms with Gasteiger partial charge in [-0.15, -0.1) is 0 Å². The van der Waals surface area contributed by atoms with Gasteiger partial charge in [0.25, 0.3) is 5.88 Å². The summed E-state index contributed by atoms with van der Waals surface area (Å²) in [4.78, 5) is 20.2. The molecular formula is C15H15ClN4O2. The fraction of sp³-hybridized carbons (Fsp3) is 0.267. The number of hydrogen-bond donors (Lipinski definition) is 2. The van der Waals surface area contributed by atoms with Crippen LogP contribution < -0.4 is 15.6 Å².